The molecule has 0 saturated heterocycles. The van der Waals surface area contributed by atoms with Crippen LogP contribution < -0.4 is 4.74 Å². The molecule has 0 atom stereocenters. The van der Waals surface area contributed by atoms with Crippen molar-refractivity contribution in [2.24, 2.45) is 0 Å². The van der Waals surface area contributed by atoms with Gasteiger partial charge in [-0.3, -0.25) is 14.5 Å². The fourth-order valence-corrected chi connectivity index (χ4v) is 5.23. The van der Waals surface area contributed by atoms with Crippen molar-refractivity contribution >= 4 is 40.8 Å². The Morgan fingerprint density at radius 3 is 2.29 bits per heavy atom. The highest BCUT2D eigenvalue weighted by atomic mass is 35.5. The van der Waals surface area contributed by atoms with Gasteiger partial charge in [-0.1, -0.05) is 61.7 Å². The zero-order valence-electron chi connectivity index (χ0n) is 17.6. The van der Waals surface area contributed by atoms with E-state index in [1.54, 1.807) is 12.1 Å². The number of rotatable bonds is 7. The van der Waals surface area contributed by atoms with E-state index in [1.807, 2.05) is 36.4 Å². The number of ether oxygens (including phenoxy) is 1. The number of hydrogen-bond donors (Lipinski definition) is 0. The molecular weight excluding hydrogens is 430 g/mol. The predicted molar refractivity (Wildman–Crippen MR) is 125 cm³/mol. The van der Waals surface area contributed by atoms with Gasteiger partial charge in [-0.15, -0.1) is 0 Å². The summed E-state index contributed by atoms with van der Waals surface area (Å²) >= 11 is 7.36. The molecule has 2 amide bonds. The lowest BCUT2D eigenvalue weighted by Gasteiger charge is -2.29. The molecule has 1 saturated carbocycles. The number of hydrogen-bond acceptors (Lipinski definition) is 4. The molecule has 0 radical (unpaired) electrons. The molecule has 31 heavy (non-hydrogen) atoms. The van der Waals surface area contributed by atoms with E-state index in [2.05, 4.69) is 6.92 Å². The Bertz CT molecular complexity index is 979. The first-order valence-corrected chi connectivity index (χ1v) is 12.1. The van der Waals surface area contributed by atoms with E-state index in [0.717, 1.165) is 48.3 Å². The molecule has 6 heteroatoms. The molecule has 4 rings (SSSR count). The second kappa shape index (κ2) is 9.92. The normalized spacial score (nSPS) is 17.5. The summed E-state index contributed by atoms with van der Waals surface area (Å²) in [6.45, 7) is 2.70. The van der Waals surface area contributed by atoms with Crippen molar-refractivity contribution < 1.29 is 14.3 Å². The summed E-state index contributed by atoms with van der Waals surface area (Å²) in [6.07, 6.45) is 5.97. The van der Waals surface area contributed by atoms with Gasteiger partial charge < -0.3 is 4.74 Å². The van der Waals surface area contributed by atoms with Crippen LogP contribution in [0.2, 0.25) is 5.02 Å². The maximum Gasteiger partial charge on any atom is 0.268 e. The lowest BCUT2D eigenvalue weighted by atomic mass is 9.94. The smallest absolute Gasteiger partial charge is 0.268 e. The molecule has 0 bridgehead atoms. The predicted octanol–water partition coefficient (Wildman–Crippen LogP) is 6.33. The van der Waals surface area contributed by atoms with Crippen molar-refractivity contribution in [3.63, 3.8) is 0 Å². The third kappa shape index (κ3) is 4.83. The summed E-state index contributed by atoms with van der Waals surface area (Å²) in [5.74, 6) is 0.396. The van der Waals surface area contributed by atoms with Crippen LogP contribution in [-0.4, -0.2) is 29.4 Å². The molecule has 0 unspecified atom stereocenters. The van der Waals surface area contributed by atoms with Crippen LogP contribution in [-0.2, 0) is 9.59 Å². The zero-order valence-corrected chi connectivity index (χ0v) is 19.2. The Labute approximate surface area is 192 Å². The molecule has 1 aliphatic heterocycles. The average molecular weight is 456 g/mol. The maximum atomic E-state index is 13.5. The number of imide groups is 1. The number of thioether (sulfide) groups is 1. The van der Waals surface area contributed by atoms with E-state index in [-0.39, 0.29) is 17.9 Å². The number of amides is 2. The summed E-state index contributed by atoms with van der Waals surface area (Å²) in [7, 11) is 0. The van der Waals surface area contributed by atoms with E-state index in [0.29, 0.717) is 22.1 Å². The van der Waals surface area contributed by atoms with Gasteiger partial charge in [0.1, 0.15) is 5.75 Å². The van der Waals surface area contributed by atoms with Crippen LogP contribution in [0.15, 0.2) is 58.3 Å². The molecule has 1 heterocycles. The van der Waals surface area contributed by atoms with Crippen LogP contribution in [0.5, 0.6) is 5.75 Å². The Morgan fingerprint density at radius 2 is 1.65 bits per heavy atom. The van der Waals surface area contributed by atoms with Gasteiger partial charge in [0.15, 0.2) is 0 Å². The van der Waals surface area contributed by atoms with Gasteiger partial charge >= 0.3 is 0 Å². The minimum atomic E-state index is -0.185. The summed E-state index contributed by atoms with van der Waals surface area (Å²) in [5, 5.41) is 0.638. The topological polar surface area (TPSA) is 46.6 Å². The molecule has 4 nitrogen and oxygen atoms in total. The second-order valence-corrected chi connectivity index (χ2v) is 9.43. The fraction of sp³-hybridized carbons (Fsp3) is 0.360. The molecule has 1 aliphatic carbocycles. The van der Waals surface area contributed by atoms with Crippen molar-refractivity contribution in [3.8, 4) is 5.75 Å². The van der Waals surface area contributed by atoms with Gasteiger partial charge in [-0.2, -0.15) is 0 Å². The second-order valence-electron chi connectivity index (χ2n) is 7.91. The molecule has 2 aromatic rings. The molecule has 0 aromatic heterocycles. The van der Waals surface area contributed by atoms with Gasteiger partial charge in [-0.05, 0) is 61.2 Å². The van der Waals surface area contributed by atoms with Crippen LogP contribution in [0.1, 0.15) is 51.0 Å². The lowest BCUT2D eigenvalue weighted by molar-refractivity contribution is -0.139. The molecule has 1 fully saturated rings. The third-order valence-corrected chi connectivity index (χ3v) is 7.00. The van der Waals surface area contributed by atoms with Crippen molar-refractivity contribution in [1.29, 1.82) is 0 Å². The first kappa shape index (κ1) is 22.0. The standard InChI is InChI=1S/C25H26ClNO3S/c1-2-16-30-20-12-8-17(9-13-20)22-23(31-21-14-10-18(26)11-15-21)25(29)27(24(22)28)19-6-4-3-5-7-19/h8-15,19H,2-7,16H2,1H3. The van der Waals surface area contributed by atoms with Crippen LogP contribution in [0.3, 0.4) is 0 Å². The largest absolute Gasteiger partial charge is 0.494 e. The van der Waals surface area contributed by atoms with Gasteiger partial charge in [0, 0.05) is 16.0 Å². The van der Waals surface area contributed by atoms with Crippen molar-refractivity contribution in [2.45, 2.75) is 56.4 Å². The molecule has 162 valence electrons. The average Bonchev–Trinajstić information content (AvgIpc) is 3.04. The minimum Gasteiger partial charge on any atom is -0.494 e. The highest BCUT2D eigenvalue weighted by molar-refractivity contribution is 8.04. The number of halogens is 1. The van der Waals surface area contributed by atoms with Gasteiger partial charge in [0.2, 0.25) is 0 Å². The first-order chi connectivity index (χ1) is 15.1. The first-order valence-electron chi connectivity index (χ1n) is 10.9. The summed E-state index contributed by atoms with van der Waals surface area (Å²) in [4.78, 5) is 29.8. The van der Waals surface area contributed by atoms with Crippen LogP contribution in [0.4, 0.5) is 0 Å². The fourth-order valence-electron chi connectivity index (χ4n) is 4.10. The SMILES string of the molecule is CCCOc1ccc(C2=C(Sc3ccc(Cl)cc3)C(=O)N(C3CCCCC3)C2=O)cc1. The lowest BCUT2D eigenvalue weighted by Crippen LogP contribution is -2.42. The quantitative estimate of drug-likeness (QED) is 0.457. The number of carbonyl (C=O) groups is 2. The highest BCUT2D eigenvalue weighted by Gasteiger charge is 2.43. The van der Waals surface area contributed by atoms with E-state index < -0.39 is 0 Å². The molecule has 2 aromatic carbocycles. The van der Waals surface area contributed by atoms with Crippen LogP contribution in [0, 0.1) is 0 Å². The monoisotopic (exact) mass is 455 g/mol. The Kier molecular flexibility index (Phi) is 7.03. The Morgan fingerprint density at radius 1 is 0.968 bits per heavy atom. The van der Waals surface area contributed by atoms with Crippen molar-refractivity contribution in [2.75, 3.05) is 6.61 Å². The maximum absolute atomic E-state index is 13.5. The number of benzene rings is 2. The molecule has 2 aliphatic rings. The molecule has 0 N–H and O–H groups in total. The summed E-state index contributed by atoms with van der Waals surface area (Å²) in [6, 6.07) is 14.8. The molecular formula is C25H26ClNO3S. The van der Waals surface area contributed by atoms with Gasteiger partial charge in [-0.25, -0.2) is 0 Å². The van der Waals surface area contributed by atoms with Crippen molar-refractivity contribution in [1.82, 2.24) is 4.90 Å². The van der Waals surface area contributed by atoms with E-state index in [4.69, 9.17) is 16.3 Å². The summed E-state index contributed by atoms with van der Waals surface area (Å²) < 4.78 is 5.67. The number of carbonyl (C=O) groups excluding carboxylic acids is 2. The Hall–Kier alpha value is -2.24. The number of nitrogens with zero attached hydrogens (tertiary/aromatic N) is 1. The van der Waals surface area contributed by atoms with E-state index in [1.165, 1.54) is 23.1 Å². The van der Waals surface area contributed by atoms with Crippen LogP contribution >= 0.6 is 23.4 Å². The van der Waals surface area contributed by atoms with Crippen LogP contribution in [0.25, 0.3) is 5.57 Å². The third-order valence-electron chi connectivity index (χ3n) is 5.66. The van der Waals surface area contributed by atoms with Crippen molar-refractivity contribution in [3.05, 3.63) is 64.0 Å². The van der Waals surface area contributed by atoms with Gasteiger partial charge in [0.25, 0.3) is 11.8 Å². The minimum absolute atomic E-state index is 0.0146. The zero-order chi connectivity index (χ0) is 21.8. The van der Waals surface area contributed by atoms with E-state index >= 15 is 0 Å². The highest BCUT2D eigenvalue weighted by Crippen LogP contribution is 2.42. The summed E-state index contributed by atoms with van der Waals surface area (Å²) in [5.41, 5.74) is 1.23. The van der Waals surface area contributed by atoms with Gasteiger partial charge in [0.05, 0.1) is 17.1 Å². The Balaban J connectivity index is 1.69. The van der Waals surface area contributed by atoms with E-state index in [9.17, 15) is 9.59 Å². The molecule has 0 spiro atoms.